The highest BCUT2D eigenvalue weighted by Gasteiger charge is 2.27. The summed E-state index contributed by atoms with van der Waals surface area (Å²) in [6.45, 7) is 4.20. The molecule has 0 spiro atoms. The first-order chi connectivity index (χ1) is 9.44. The normalized spacial score (nSPS) is 20.2. The first-order valence-corrected chi connectivity index (χ1v) is 7.43. The van der Waals surface area contributed by atoms with Crippen molar-refractivity contribution in [2.75, 3.05) is 11.1 Å². The second kappa shape index (κ2) is 4.63. The van der Waals surface area contributed by atoms with Gasteiger partial charge in [-0.25, -0.2) is 0 Å². The summed E-state index contributed by atoms with van der Waals surface area (Å²) in [4.78, 5) is 27.7. The lowest BCUT2D eigenvalue weighted by molar-refractivity contribution is 0.0879. The smallest absolute Gasteiger partial charge is 0.259 e. The van der Waals surface area contributed by atoms with E-state index < -0.39 is 0 Å². The van der Waals surface area contributed by atoms with Crippen molar-refractivity contribution in [3.8, 4) is 0 Å². The Balaban J connectivity index is 1.86. The number of aliphatic imine (C=N–C) groups is 1. The number of anilines is 1. The SMILES string of the molecule is CC1(C)CCSC(Nc2ccc3c(c2)C(=O)NC3=O)=N1. The zero-order chi connectivity index (χ0) is 14.3. The third kappa shape index (κ3) is 2.43. The molecule has 20 heavy (non-hydrogen) atoms. The van der Waals surface area contributed by atoms with Crippen LogP contribution in [0.4, 0.5) is 5.69 Å². The summed E-state index contributed by atoms with van der Waals surface area (Å²) in [5.41, 5.74) is 1.56. The van der Waals surface area contributed by atoms with Crippen LogP contribution in [-0.2, 0) is 0 Å². The maximum Gasteiger partial charge on any atom is 0.259 e. The molecule has 0 aliphatic carbocycles. The molecule has 2 aliphatic rings. The number of imide groups is 1. The second-order valence-corrected chi connectivity index (χ2v) is 6.58. The molecule has 0 bridgehead atoms. The standard InChI is InChI=1S/C14H15N3O2S/c1-14(2)5-6-20-13(17-14)15-8-3-4-9-10(7-8)12(19)16-11(9)18/h3-4,7H,5-6H2,1-2H3,(H,15,17)(H,16,18,19). The second-order valence-electron chi connectivity index (χ2n) is 5.50. The molecule has 6 heteroatoms. The van der Waals surface area contributed by atoms with E-state index in [1.54, 1.807) is 30.0 Å². The molecule has 104 valence electrons. The fraction of sp³-hybridized carbons (Fsp3) is 0.357. The minimum absolute atomic E-state index is 0.0579. The zero-order valence-electron chi connectivity index (χ0n) is 11.3. The number of amides is 2. The van der Waals surface area contributed by atoms with Crippen LogP contribution in [0.1, 0.15) is 41.0 Å². The Morgan fingerprint density at radius 1 is 1.25 bits per heavy atom. The quantitative estimate of drug-likeness (QED) is 0.778. The molecule has 0 saturated carbocycles. The van der Waals surface area contributed by atoms with Crippen molar-refractivity contribution in [2.45, 2.75) is 25.8 Å². The van der Waals surface area contributed by atoms with Gasteiger partial charge in [0.05, 0.1) is 16.7 Å². The van der Waals surface area contributed by atoms with Crippen LogP contribution >= 0.6 is 11.8 Å². The van der Waals surface area contributed by atoms with Crippen LogP contribution in [0.2, 0.25) is 0 Å². The van der Waals surface area contributed by atoms with Crippen molar-refractivity contribution < 1.29 is 9.59 Å². The number of nitrogens with zero attached hydrogens (tertiary/aromatic N) is 1. The van der Waals surface area contributed by atoms with Gasteiger partial charge in [0, 0.05) is 11.4 Å². The van der Waals surface area contributed by atoms with Crippen LogP contribution in [0.3, 0.4) is 0 Å². The fourth-order valence-corrected chi connectivity index (χ4v) is 3.49. The lowest BCUT2D eigenvalue weighted by Gasteiger charge is -2.26. The number of nitrogens with one attached hydrogen (secondary N) is 2. The van der Waals surface area contributed by atoms with Crippen LogP contribution in [0.5, 0.6) is 0 Å². The predicted molar refractivity (Wildman–Crippen MR) is 80.5 cm³/mol. The van der Waals surface area contributed by atoms with Gasteiger partial charge in [-0.05, 0) is 38.5 Å². The largest absolute Gasteiger partial charge is 0.335 e. The zero-order valence-corrected chi connectivity index (χ0v) is 12.1. The third-order valence-corrected chi connectivity index (χ3v) is 4.22. The van der Waals surface area contributed by atoms with Gasteiger partial charge in [-0.3, -0.25) is 19.9 Å². The van der Waals surface area contributed by atoms with Crippen LogP contribution in [0.15, 0.2) is 23.2 Å². The number of carbonyl (C=O) groups is 2. The molecular formula is C14H15N3O2S. The molecule has 0 unspecified atom stereocenters. The Kier molecular flexibility index (Phi) is 3.05. The molecule has 0 fully saturated rings. The molecule has 2 N–H and O–H groups in total. The number of hydrogen-bond donors (Lipinski definition) is 2. The summed E-state index contributed by atoms with van der Waals surface area (Å²) in [6, 6.07) is 5.15. The van der Waals surface area contributed by atoms with E-state index in [1.165, 1.54) is 0 Å². The van der Waals surface area contributed by atoms with Gasteiger partial charge in [0.25, 0.3) is 11.8 Å². The molecule has 3 rings (SSSR count). The average molecular weight is 289 g/mol. The average Bonchev–Trinajstić information content (AvgIpc) is 2.63. The van der Waals surface area contributed by atoms with Gasteiger partial charge in [0.1, 0.15) is 0 Å². The van der Waals surface area contributed by atoms with Crippen molar-refractivity contribution in [1.82, 2.24) is 5.32 Å². The van der Waals surface area contributed by atoms with E-state index in [0.717, 1.165) is 23.0 Å². The lowest BCUT2D eigenvalue weighted by Crippen LogP contribution is -2.27. The van der Waals surface area contributed by atoms with Gasteiger partial charge >= 0.3 is 0 Å². The molecular weight excluding hydrogens is 274 g/mol. The molecule has 0 radical (unpaired) electrons. The maximum atomic E-state index is 11.6. The number of carbonyl (C=O) groups excluding carboxylic acids is 2. The molecule has 2 heterocycles. The Morgan fingerprint density at radius 2 is 2.00 bits per heavy atom. The van der Waals surface area contributed by atoms with E-state index in [1.807, 2.05) is 0 Å². The summed E-state index contributed by atoms with van der Waals surface area (Å²) in [5.74, 6) is 0.345. The molecule has 1 aromatic carbocycles. The molecule has 2 amide bonds. The van der Waals surface area contributed by atoms with Gasteiger partial charge in [-0.15, -0.1) is 0 Å². The van der Waals surface area contributed by atoms with E-state index in [2.05, 4.69) is 29.5 Å². The topological polar surface area (TPSA) is 70.6 Å². The van der Waals surface area contributed by atoms with Crippen molar-refractivity contribution in [2.24, 2.45) is 4.99 Å². The van der Waals surface area contributed by atoms with Crippen molar-refractivity contribution >= 4 is 34.4 Å². The van der Waals surface area contributed by atoms with Gasteiger partial charge in [-0.2, -0.15) is 0 Å². The van der Waals surface area contributed by atoms with E-state index >= 15 is 0 Å². The van der Waals surface area contributed by atoms with Crippen LogP contribution < -0.4 is 10.6 Å². The van der Waals surface area contributed by atoms with Crippen molar-refractivity contribution in [1.29, 1.82) is 0 Å². The number of hydrogen-bond acceptors (Lipinski definition) is 5. The highest BCUT2D eigenvalue weighted by Crippen LogP contribution is 2.27. The summed E-state index contributed by atoms with van der Waals surface area (Å²) in [7, 11) is 0. The highest BCUT2D eigenvalue weighted by molar-refractivity contribution is 8.14. The number of amidine groups is 1. The van der Waals surface area contributed by atoms with Gasteiger partial charge in [0.2, 0.25) is 0 Å². The van der Waals surface area contributed by atoms with E-state index in [0.29, 0.717) is 11.1 Å². The monoisotopic (exact) mass is 289 g/mol. The molecule has 0 saturated heterocycles. The Bertz CT molecular complexity index is 637. The first kappa shape index (κ1) is 13.2. The van der Waals surface area contributed by atoms with Crippen molar-refractivity contribution in [3.05, 3.63) is 29.3 Å². The number of rotatable bonds is 1. The molecule has 0 atom stereocenters. The Labute approximate surface area is 121 Å². The number of benzene rings is 1. The Hall–Kier alpha value is -1.82. The van der Waals surface area contributed by atoms with E-state index in [4.69, 9.17) is 0 Å². The maximum absolute atomic E-state index is 11.6. The molecule has 1 aromatic rings. The lowest BCUT2D eigenvalue weighted by atomic mass is 10.0. The van der Waals surface area contributed by atoms with E-state index in [-0.39, 0.29) is 17.4 Å². The van der Waals surface area contributed by atoms with Gasteiger partial charge < -0.3 is 5.32 Å². The number of thioether (sulfide) groups is 1. The summed E-state index contributed by atoms with van der Waals surface area (Å²) in [6.07, 6.45) is 1.05. The number of fused-ring (bicyclic) bond motifs is 1. The fourth-order valence-electron chi connectivity index (χ4n) is 2.19. The summed E-state index contributed by atoms with van der Waals surface area (Å²) >= 11 is 1.67. The van der Waals surface area contributed by atoms with E-state index in [9.17, 15) is 9.59 Å². The third-order valence-electron chi connectivity index (χ3n) is 3.34. The molecule has 2 aliphatic heterocycles. The molecule has 0 aromatic heterocycles. The Morgan fingerprint density at radius 3 is 2.75 bits per heavy atom. The predicted octanol–water partition coefficient (Wildman–Crippen LogP) is 2.25. The van der Waals surface area contributed by atoms with Crippen LogP contribution in [-0.4, -0.2) is 28.3 Å². The van der Waals surface area contributed by atoms with Crippen molar-refractivity contribution in [3.63, 3.8) is 0 Å². The van der Waals surface area contributed by atoms with Gasteiger partial charge in [0.15, 0.2) is 5.17 Å². The first-order valence-electron chi connectivity index (χ1n) is 6.44. The minimum Gasteiger partial charge on any atom is -0.335 e. The van der Waals surface area contributed by atoms with Gasteiger partial charge in [-0.1, -0.05) is 11.8 Å². The highest BCUT2D eigenvalue weighted by atomic mass is 32.2. The summed E-state index contributed by atoms with van der Waals surface area (Å²) < 4.78 is 0. The van der Waals surface area contributed by atoms with Crippen LogP contribution in [0, 0.1) is 0 Å². The summed E-state index contributed by atoms with van der Waals surface area (Å²) in [5, 5.41) is 6.36. The molecule has 5 nitrogen and oxygen atoms in total. The minimum atomic E-state index is -0.341. The van der Waals surface area contributed by atoms with Crippen LogP contribution in [0.25, 0.3) is 0 Å².